The second kappa shape index (κ2) is 6.65. The van der Waals surface area contributed by atoms with E-state index in [1.165, 1.54) is 44.2 Å². The fourth-order valence-corrected chi connectivity index (χ4v) is 1.65. The Bertz CT molecular complexity index is 519. The van der Waals surface area contributed by atoms with Gasteiger partial charge in [0.25, 0.3) is 0 Å². The summed E-state index contributed by atoms with van der Waals surface area (Å²) in [5.74, 6) is -5.49. The van der Waals surface area contributed by atoms with Gasteiger partial charge < -0.3 is 9.75 Å². The molecule has 0 heterocycles. The highest BCUT2D eigenvalue weighted by Gasteiger charge is 2.47. The molecule has 110 valence electrons. The first kappa shape index (κ1) is 16.4. The largest absolute Gasteiger partial charge is 0.461 e. The van der Waals surface area contributed by atoms with Crippen molar-refractivity contribution in [3.63, 3.8) is 0 Å². The molecule has 20 heavy (non-hydrogen) atoms. The van der Waals surface area contributed by atoms with Crippen molar-refractivity contribution < 1.29 is 18.3 Å². The molecule has 1 aromatic carbocycles. The number of hydrazone groups is 1. The van der Waals surface area contributed by atoms with Crippen molar-refractivity contribution in [1.29, 1.82) is 0 Å². The maximum atomic E-state index is 14.2. The zero-order valence-corrected chi connectivity index (χ0v) is 12.1. The lowest BCUT2D eigenvalue weighted by molar-refractivity contribution is -0.162. The number of hydrogen-bond donors (Lipinski definition) is 0. The summed E-state index contributed by atoms with van der Waals surface area (Å²) in [6.45, 7) is 1.31. The summed E-state index contributed by atoms with van der Waals surface area (Å²) >= 11 is 5.79. The Balaban J connectivity index is 3.30. The van der Waals surface area contributed by atoms with E-state index in [2.05, 4.69) is 9.84 Å². The maximum Gasteiger partial charge on any atom is 0.386 e. The molecular formula is C13H15ClF2N2O2. The number of halogens is 3. The maximum absolute atomic E-state index is 14.2. The fourth-order valence-electron chi connectivity index (χ4n) is 1.46. The van der Waals surface area contributed by atoms with Crippen LogP contribution in [0.1, 0.15) is 12.5 Å². The molecule has 0 aliphatic heterocycles. The van der Waals surface area contributed by atoms with E-state index < -0.39 is 17.6 Å². The lowest BCUT2D eigenvalue weighted by atomic mass is 10.0. The lowest BCUT2D eigenvalue weighted by Crippen LogP contribution is -2.41. The number of nitrogens with zero attached hydrogens (tertiary/aromatic N) is 2. The van der Waals surface area contributed by atoms with Crippen molar-refractivity contribution in [3.05, 3.63) is 34.9 Å². The molecule has 0 saturated carbocycles. The van der Waals surface area contributed by atoms with Crippen LogP contribution in [-0.4, -0.2) is 43.3 Å². The van der Waals surface area contributed by atoms with Gasteiger partial charge >= 0.3 is 11.9 Å². The summed E-state index contributed by atoms with van der Waals surface area (Å²) in [5, 5.41) is 5.16. The number of ether oxygens (including phenoxy) is 1. The van der Waals surface area contributed by atoms with E-state index in [0.29, 0.717) is 0 Å². The second-order valence-electron chi connectivity index (χ2n) is 4.10. The molecule has 0 spiro atoms. The van der Waals surface area contributed by atoms with E-state index >= 15 is 0 Å². The molecule has 0 saturated heterocycles. The van der Waals surface area contributed by atoms with Crippen LogP contribution in [0.5, 0.6) is 0 Å². The Labute approximate surface area is 121 Å². The van der Waals surface area contributed by atoms with Crippen molar-refractivity contribution in [1.82, 2.24) is 5.01 Å². The van der Waals surface area contributed by atoms with E-state index in [-0.39, 0.29) is 17.2 Å². The Morgan fingerprint density at radius 3 is 2.60 bits per heavy atom. The number of rotatable bonds is 5. The van der Waals surface area contributed by atoms with Gasteiger partial charge in [0.15, 0.2) is 0 Å². The van der Waals surface area contributed by atoms with Crippen molar-refractivity contribution in [3.8, 4) is 0 Å². The zero-order chi connectivity index (χ0) is 15.3. The van der Waals surface area contributed by atoms with Crippen LogP contribution in [0.2, 0.25) is 5.02 Å². The summed E-state index contributed by atoms with van der Waals surface area (Å²) in [4.78, 5) is 11.4. The Kier molecular flexibility index (Phi) is 5.44. The number of hydrogen-bond acceptors (Lipinski definition) is 4. The number of carbonyl (C=O) groups excluding carboxylic acids is 1. The molecule has 0 bridgehead atoms. The highest BCUT2D eigenvalue weighted by molar-refractivity contribution is 6.31. The van der Waals surface area contributed by atoms with Crippen LogP contribution >= 0.6 is 11.6 Å². The van der Waals surface area contributed by atoms with Crippen LogP contribution in [0.3, 0.4) is 0 Å². The van der Waals surface area contributed by atoms with Gasteiger partial charge in [0.2, 0.25) is 0 Å². The third kappa shape index (κ3) is 3.90. The fraction of sp³-hybridized carbons (Fsp3) is 0.385. The summed E-state index contributed by atoms with van der Waals surface area (Å²) in [6.07, 6.45) is 0. The van der Waals surface area contributed by atoms with Gasteiger partial charge in [-0.25, -0.2) is 4.79 Å². The van der Waals surface area contributed by atoms with E-state index in [9.17, 15) is 13.6 Å². The van der Waals surface area contributed by atoms with Crippen LogP contribution in [-0.2, 0) is 9.53 Å². The van der Waals surface area contributed by atoms with Crippen molar-refractivity contribution in [2.24, 2.45) is 5.10 Å². The first-order valence-electron chi connectivity index (χ1n) is 5.86. The minimum Gasteiger partial charge on any atom is -0.461 e. The van der Waals surface area contributed by atoms with Crippen LogP contribution in [0, 0.1) is 0 Å². The minimum atomic E-state index is -3.86. The van der Waals surface area contributed by atoms with Gasteiger partial charge in [-0.05, 0) is 19.1 Å². The average Bonchev–Trinajstić information content (AvgIpc) is 2.35. The third-order valence-corrected chi connectivity index (χ3v) is 2.46. The van der Waals surface area contributed by atoms with Crippen LogP contribution < -0.4 is 0 Å². The van der Waals surface area contributed by atoms with Crippen molar-refractivity contribution in [2.45, 2.75) is 12.8 Å². The molecule has 0 aliphatic rings. The Hall–Kier alpha value is -1.69. The molecule has 0 atom stereocenters. The number of benzene rings is 1. The predicted molar refractivity (Wildman–Crippen MR) is 73.3 cm³/mol. The standard InChI is InChI=1S/C13H15ClF2N2O2/c1-4-20-12(19)13(15,16)11(17-18(2)3)9-6-5-7-10(14)8-9/h5-8H,4H2,1-3H3/b17-11+. The molecule has 0 radical (unpaired) electrons. The van der Waals surface area contributed by atoms with Gasteiger partial charge in [0, 0.05) is 24.7 Å². The van der Waals surface area contributed by atoms with Gasteiger partial charge in [-0.2, -0.15) is 13.9 Å². The van der Waals surface area contributed by atoms with E-state index in [1.807, 2.05) is 0 Å². The van der Waals surface area contributed by atoms with Gasteiger partial charge in [-0.3, -0.25) is 0 Å². The Morgan fingerprint density at radius 2 is 2.10 bits per heavy atom. The molecular weight excluding hydrogens is 290 g/mol. The van der Waals surface area contributed by atoms with Gasteiger partial charge in [0.1, 0.15) is 5.71 Å². The minimum absolute atomic E-state index is 0.0595. The number of esters is 1. The highest BCUT2D eigenvalue weighted by Crippen LogP contribution is 2.25. The van der Waals surface area contributed by atoms with Gasteiger partial charge in [-0.1, -0.05) is 23.7 Å². The molecule has 1 aromatic rings. The third-order valence-electron chi connectivity index (χ3n) is 2.23. The van der Waals surface area contributed by atoms with Crippen LogP contribution in [0.15, 0.2) is 29.4 Å². The van der Waals surface area contributed by atoms with Gasteiger partial charge in [0.05, 0.1) is 6.61 Å². The molecule has 0 unspecified atom stereocenters. The molecule has 0 amide bonds. The molecule has 0 aliphatic carbocycles. The topological polar surface area (TPSA) is 41.9 Å². The number of carbonyl (C=O) groups is 1. The van der Waals surface area contributed by atoms with E-state index in [0.717, 1.165) is 0 Å². The van der Waals surface area contributed by atoms with Crippen molar-refractivity contribution >= 4 is 23.3 Å². The monoisotopic (exact) mass is 304 g/mol. The van der Waals surface area contributed by atoms with E-state index in [1.54, 1.807) is 6.07 Å². The summed E-state index contributed by atoms with van der Waals surface area (Å²) in [7, 11) is 2.96. The highest BCUT2D eigenvalue weighted by atomic mass is 35.5. The summed E-state index contributed by atoms with van der Waals surface area (Å²) < 4.78 is 32.7. The predicted octanol–water partition coefficient (Wildman–Crippen LogP) is 2.80. The van der Waals surface area contributed by atoms with E-state index in [4.69, 9.17) is 11.6 Å². The second-order valence-corrected chi connectivity index (χ2v) is 4.54. The normalized spacial score (nSPS) is 12.2. The summed E-state index contributed by atoms with van der Waals surface area (Å²) in [5.41, 5.74) is -0.646. The Morgan fingerprint density at radius 1 is 1.45 bits per heavy atom. The molecule has 4 nitrogen and oxygen atoms in total. The van der Waals surface area contributed by atoms with Crippen LogP contribution in [0.4, 0.5) is 8.78 Å². The smallest absolute Gasteiger partial charge is 0.386 e. The first-order chi connectivity index (χ1) is 9.28. The van der Waals surface area contributed by atoms with Crippen molar-refractivity contribution in [2.75, 3.05) is 20.7 Å². The lowest BCUT2D eigenvalue weighted by Gasteiger charge is -2.19. The molecule has 0 aromatic heterocycles. The molecule has 0 fully saturated rings. The SMILES string of the molecule is CCOC(=O)C(F)(F)/C(=N/N(C)C)c1cccc(Cl)c1. The average molecular weight is 305 g/mol. The number of alkyl halides is 2. The quantitative estimate of drug-likeness (QED) is 0.477. The van der Waals surface area contributed by atoms with Crippen LogP contribution in [0.25, 0.3) is 0 Å². The molecule has 1 rings (SSSR count). The zero-order valence-electron chi connectivity index (χ0n) is 11.4. The molecule has 0 N–H and O–H groups in total. The molecule has 7 heteroatoms. The van der Waals surface area contributed by atoms with Gasteiger partial charge in [-0.15, -0.1) is 0 Å². The first-order valence-corrected chi connectivity index (χ1v) is 6.24. The summed E-state index contributed by atoms with van der Waals surface area (Å²) in [6, 6.07) is 5.77.